The lowest BCUT2D eigenvalue weighted by Crippen LogP contribution is -2.01. The van der Waals surface area contributed by atoms with Crippen molar-refractivity contribution in [3.05, 3.63) is 46.2 Å². The Balaban J connectivity index is 2.44. The van der Waals surface area contributed by atoms with Gasteiger partial charge in [-0.1, -0.05) is 28.1 Å². The van der Waals surface area contributed by atoms with E-state index in [2.05, 4.69) is 25.9 Å². The third kappa shape index (κ3) is 2.70. The summed E-state index contributed by atoms with van der Waals surface area (Å²) in [6.07, 6.45) is 1.15. The quantitative estimate of drug-likeness (QED) is 0.924. The number of nitrogens with zero attached hydrogens (tertiary/aromatic N) is 2. The smallest absolute Gasteiger partial charge is 0.159 e. The molecule has 0 aliphatic heterocycles. The Kier molecular flexibility index (Phi) is 3.54. The maximum atomic E-state index is 9.52. The van der Waals surface area contributed by atoms with Crippen LogP contribution >= 0.6 is 15.9 Å². The first-order valence-corrected chi connectivity index (χ1v) is 6.15. The molecule has 1 aromatic carbocycles. The van der Waals surface area contributed by atoms with Crippen molar-refractivity contribution < 1.29 is 5.11 Å². The fourth-order valence-electron chi connectivity index (χ4n) is 1.65. The molecule has 3 nitrogen and oxygen atoms in total. The lowest BCUT2D eigenvalue weighted by atomic mass is 10.1. The molecule has 0 aliphatic rings. The first-order chi connectivity index (χ1) is 8.08. The third-order valence-electron chi connectivity index (χ3n) is 2.55. The van der Waals surface area contributed by atoms with Crippen molar-refractivity contribution in [2.45, 2.75) is 20.0 Å². The molecule has 2 rings (SSSR count). The Morgan fingerprint density at radius 1 is 1.35 bits per heavy atom. The second-order valence-corrected chi connectivity index (χ2v) is 4.84. The maximum Gasteiger partial charge on any atom is 0.159 e. The number of hydrogen-bond donors (Lipinski definition) is 1. The molecule has 0 amide bonds. The Bertz CT molecular complexity index is 541. The van der Waals surface area contributed by atoms with Crippen molar-refractivity contribution in [2.75, 3.05) is 0 Å². The van der Waals surface area contributed by atoms with Crippen LogP contribution in [0, 0.1) is 6.92 Å². The predicted molar refractivity (Wildman–Crippen MR) is 70.5 cm³/mol. The summed E-state index contributed by atoms with van der Waals surface area (Å²) in [5, 5.41) is 9.52. The van der Waals surface area contributed by atoms with Crippen LogP contribution in [0.1, 0.15) is 24.3 Å². The van der Waals surface area contributed by atoms with Crippen molar-refractivity contribution in [2.24, 2.45) is 0 Å². The molecule has 1 heterocycles. The van der Waals surface area contributed by atoms with Crippen LogP contribution in [0.15, 0.2) is 34.9 Å². The van der Waals surface area contributed by atoms with Gasteiger partial charge in [0.05, 0.1) is 6.10 Å². The van der Waals surface area contributed by atoms with Crippen LogP contribution in [0.3, 0.4) is 0 Å². The van der Waals surface area contributed by atoms with Gasteiger partial charge >= 0.3 is 0 Å². The van der Waals surface area contributed by atoms with Crippen LogP contribution < -0.4 is 0 Å². The first-order valence-electron chi connectivity index (χ1n) is 5.35. The molecule has 0 bridgehead atoms. The van der Waals surface area contributed by atoms with E-state index in [1.807, 2.05) is 31.2 Å². The number of rotatable bonds is 2. The fourth-order valence-corrected chi connectivity index (χ4v) is 2.05. The minimum Gasteiger partial charge on any atom is -0.389 e. The van der Waals surface area contributed by atoms with Gasteiger partial charge in [0.2, 0.25) is 0 Å². The van der Waals surface area contributed by atoms with E-state index in [0.29, 0.717) is 5.82 Å². The number of aromatic nitrogens is 2. The van der Waals surface area contributed by atoms with Gasteiger partial charge in [0, 0.05) is 27.5 Å². The van der Waals surface area contributed by atoms with Crippen molar-refractivity contribution in [3.8, 4) is 11.4 Å². The van der Waals surface area contributed by atoms with Crippen LogP contribution in [0.2, 0.25) is 0 Å². The Morgan fingerprint density at radius 3 is 2.71 bits per heavy atom. The molecule has 0 spiro atoms. The van der Waals surface area contributed by atoms with E-state index in [-0.39, 0.29) is 0 Å². The second kappa shape index (κ2) is 4.94. The van der Waals surface area contributed by atoms with Crippen LogP contribution in [0.4, 0.5) is 0 Å². The van der Waals surface area contributed by atoms with Gasteiger partial charge in [-0.3, -0.25) is 0 Å². The van der Waals surface area contributed by atoms with Gasteiger partial charge < -0.3 is 5.11 Å². The molecule has 4 heteroatoms. The van der Waals surface area contributed by atoms with Crippen molar-refractivity contribution >= 4 is 15.9 Å². The normalized spacial score (nSPS) is 12.5. The van der Waals surface area contributed by atoms with Crippen molar-refractivity contribution in [1.82, 2.24) is 9.97 Å². The van der Waals surface area contributed by atoms with Crippen LogP contribution in [0.5, 0.6) is 0 Å². The Morgan fingerprint density at radius 2 is 2.12 bits per heavy atom. The van der Waals surface area contributed by atoms with Gasteiger partial charge in [-0.15, -0.1) is 0 Å². The highest BCUT2D eigenvalue weighted by molar-refractivity contribution is 9.10. The van der Waals surface area contributed by atoms with Crippen LogP contribution in [-0.4, -0.2) is 15.1 Å². The molecule has 0 saturated heterocycles. The minimum absolute atomic E-state index is 0.536. The number of halogens is 1. The van der Waals surface area contributed by atoms with Crippen molar-refractivity contribution in [3.63, 3.8) is 0 Å². The molecule has 0 saturated carbocycles. The SMILES string of the molecule is Cc1nc(-c2cccc(Br)c2)ncc1[C@H](C)O. The number of benzene rings is 1. The first kappa shape index (κ1) is 12.2. The highest BCUT2D eigenvalue weighted by Gasteiger charge is 2.09. The van der Waals surface area contributed by atoms with Crippen LogP contribution in [-0.2, 0) is 0 Å². The van der Waals surface area contributed by atoms with Gasteiger partial charge in [-0.25, -0.2) is 9.97 Å². The number of hydrogen-bond acceptors (Lipinski definition) is 3. The monoisotopic (exact) mass is 292 g/mol. The molecule has 1 N–H and O–H groups in total. The van der Waals surface area contributed by atoms with E-state index in [0.717, 1.165) is 21.3 Å². The molecule has 2 aromatic rings. The topological polar surface area (TPSA) is 46.0 Å². The highest BCUT2D eigenvalue weighted by Crippen LogP contribution is 2.22. The van der Waals surface area contributed by atoms with E-state index in [1.54, 1.807) is 13.1 Å². The summed E-state index contributed by atoms with van der Waals surface area (Å²) in [7, 11) is 0. The predicted octanol–water partition coefficient (Wildman–Crippen LogP) is 3.27. The number of aliphatic hydroxyl groups is 1. The Labute approximate surface area is 109 Å². The summed E-state index contributed by atoms with van der Waals surface area (Å²) in [4.78, 5) is 8.69. The van der Waals surface area contributed by atoms with Crippen LogP contribution in [0.25, 0.3) is 11.4 Å². The molecule has 0 unspecified atom stereocenters. The summed E-state index contributed by atoms with van der Waals surface area (Å²) >= 11 is 3.42. The fraction of sp³-hybridized carbons (Fsp3) is 0.231. The zero-order valence-corrected chi connectivity index (χ0v) is 11.3. The standard InChI is InChI=1S/C13H13BrN2O/c1-8-12(9(2)17)7-15-13(16-8)10-4-3-5-11(14)6-10/h3-7,9,17H,1-2H3/t9-/m0/s1. The summed E-state index contributed by atoms with van der Waals surface area (Å²) in [5.74, 6) is 0.674. The molecule has 1 atom stereocenters. The molecule has 0 aliphatic carbocycles. The lowest BCUT2D eigenvalue weighted by molar-refractivity contribution is 0.197. The van der Waals surface area contributed by atoms with E-state index in [4.69, 9.17) is 0 Å². The summed E-state index contributed by atoms with van der Waals surface area (Å²) in [5.41, 5.74) is 2.54. The summed E-state index contributed by atoms with van der Waals surface area (Å²) < 4.78 is 0.996. The number of aliphatic hydroxyl groups excluding tert-OH is 1. The molecule has 1 aromatic heterocycles. The van der Waals surface area contributed by atoms with Gasteiger partial charge in [-0.05, 0) is 26.0 Å². The zero-order chi connectivity index (χ0) is 12.4. The molecular formula is C13H13BrN2O. The Hall–Kier alpha value is -1.26. The third-order valence-corrected chi connectivity index (χ3v) is 3.04. The lowest BCUT2D eigenvalue weighted by Gasteiger charge is -2.09. The van der Waals surface area contributed by atoms with Gasteiger partial charge in [0.25, 0.3) is 0 Å². The highest BCUT2D eigenvalue weighted by atomic mass is 79.9. The maximum absolute atomic E-state index is 9.52. The molecule has 0 radical (unpaired) electrons. The summed E-state index contributed by atoms with van der Waals surface area (Å²) in [6, 6.07) is 7.83. The molecular weight excluding hydrogens is 280 g/mol. The largest absolute Gasteiger partial charge is 0.389 e. The second-order valence-electron chi connectivity index (χ2n) is 3.92. The number of aryl methyl sites for hydroxylation is 1. The minimum atomic E-state index is -0.536. The van der Waals surface area contributed by atoms with E-state index in [9.17, 15) is 5.11 Å². The van der Waals surface area contributed by atoms with Gasteiger partial charge in [0.15, 0.2) is 5.82 Å². The average molecular weight is 293 g/mol. The van der Waals surface area contributed by atoms with E-state index >= 15 is 0 Å². The molecule has 17 heavy (non-hydrogen) atoms. The zero-order valence-electron chi connectivity index (χ0n) is 9.68. The van der Waals surface area contributed by atoms with Crippen molar-refractivity contribution in [1.29, 1.82) is 0 Å². The van der Waals surface area contributed by atoms with E-state index < -0.39 is 6.10 Å². The van der Waals surface area contributed by atoms with Gasteiger partial charge in [-0.2, -0.15) is 0 Å². The average Bonchev–Trinajstić information content (AvgIpc) is 2.28. The van der Waals surface area contributed by atoms with E-state index in [1.165, 1.54) is 0 Å². The molecule has 88 valence electrons. The summed E-state index contributed by atoms with van der Waals surface area (Å²) in [6.45, 7) is 3.59. The van der Waals surface area contributed by atoms with Gasteiger partial charge in [0.1, 0.15) is 0 Å². The molecule has 0 fully saturated rings.